The molecular weight excluding hydrogens is 421 g/mol. The second-order valence-electron chi connectivity index (χ2n) is 7.75. The fourth-order valence-corrected chi connectivity index (χ4v) is 4.79. The van der Waals surface area contributed by atoms with Gasteiger partial charge in [-0.1, -0.05) is 18.2 Å². The molecule has 0 saturated carbocycles. The third-order valence-electron chi connectivity index (χ3n) is 5.63. The van der Waals surface area contributed by atoms with Crippen molar-refractivity contribution < 1.29 is 29.6 Å². The molecule has 1 aromatic carbocycles. The molecule has 3 unspecified atom stereocenters. The van der Waals surface area contributed by atoms with E-state index in [9.17, 15) is 24.8 Å². The van der Waals surface area contributed by atoms with E-state index in [1.807, 2.05) is 37.3 Å². The van der Waals surface area contributed by atoms with E-state index in [4.69, 9.17) is 4.74 Å². The van der Waals surface area contributed by atoms with Crippen LogP contribution in [0.2, 0.25) is 0 Å². The smallest absolute Gasteiger partial charge is 0.212 e. The monoisotopic (exact) mass is 445 g/mol. The molecule has 8 heteroatoms. The number of hydrogen-bond acceptors (Lipinski definition) is 7. The van der Waals surface area contributed by atoms with Crippen LogP contribution in [0.5, 0.6) is 0 Å². The Morgan fingerprint density at radius 3 is 2.55 bits per heavy atom. The third-order valence-corrected chi connectivity index (χ3v) is 6.77. The minimum absolute atomic E-state index is 0.462. The normalized spacial score (nSPS) is 26.2. The predicted molar refractivity (Wildman–Crippen MR) is 114 cm³/mol. The van der Waals surface area contributed by atoms with Crippen LogP contribution in [0.3, 0.4) is 0 Å². The lowest BCUT2D eigenvalue weighted by atomic mass is 9.89. The van der Waals surface area contributed by atoms with Gasteiger partial charge >= 0.3 is 0 Å². The van der Waals surface area contributed by atoms with E-state index in [0.29, 0.717) is 12.0 Å². The molecule has 2 aromatic heterocycles. The van der Waals surface area contributed by atoms with Gasteiger partial charge in [-0.2, -0.15) is 4.39 Å². The van der Waals surface area contributed by atoms with Crippen LogP contribution < -0.4 is 0 Å². The van der Waals surface area contributed by atoms with Gasteiger partial charge in [0.1, 0.15) is 30.5 Å². The van der Waals surface area contributed by atoms with Crippen molar-refractivity contribution in [3.63, 3.8) is 0 Å². The Balaban J connectivity index is 1.57. The Morgan fingerprint density at radius 2 is 1.84 bits per heavy atom. The molecule has 164 valence electrons. The van der Waals surface area contributed by atoms with Gasteiger partial charge in [0, 0.05) is 27.9 Å². The Bertz CT molecular complexity index is 1040. The van der Waals surface area contributed by atoms with Gasteiger partial charge in [-0.15, -0.1) is 11.3 Å². The first-order valence-electron chi connectivity index (χ1n) is 9.98. The molecule has 6 nitrogen and oxygen atoms in total. The molecule has 3 aromatic rings. The quantitative estimate of drug-likeness (QED) is 0.450. The van der Waals surface area contributed by atoms with E-state index in [2.05, 4.69) is 4.98 Å². The maximum Gasteiger partial charge on any atom is 0.212 e. The lowest BCUT2D eigenvalue weighted by Crippen LogP contribution is -2.55. The van der Waals surface area contributed by atoms with Crippen LogP contribution in [0, 0.1) is 12.9 Å². The topological polar surface area (TPSA) is 103 Å². The van der Waals surface area contributed by atoms with E-state index in [1.54, 1.807) is 17.4 Å². The molecule has 4 rings (SSSR count). The molecule has 0 bridgehead atoms. The van der Waals surface area contributed by atoms with E-state index in [0.717, 1.165) is 26.4 Å². The van der Waals surface area contributed by atoms with Crippen molar-refractivity contribution >= 4 is 11.3 Å². The maximum absolute atomic E-state index is 13.1. The average Bonchev–Trinajstić information content (AvgIpc) is 3.23. The third kappa shape index (κ3) is 4.55. The van der Waals surface area contributed by atoms with Crippen LogP contribution in [0.4, 0.5) is 4.39 Å². The summed E-state index contributed by atoms with van der Waals surface area (Å²) in [4.78, 5) is 5.80. The molecule has 4 N–H and O–H groups in total. The zero-order valence-corrected chi connectivity index (χ0v) is 17.7. The zero-order chi connectivity index (χ0) is 22.1. The van der Waals surface area contributed by atoms with Gasteiger partial charge in [-0.05, 0) is 47.9 Å². The van der Waals surface area contributed by atoms with Crippen LogP contribution >= 0.6 is 11.3 Å². The highest BCUT2D eigenvalue weighted by molar-refractivity contribution is 7.15. The highest BCUT2D eigenvalue weighted by Crippen LogP contribution is 2.34. The van der Waals surface area contributed by atoms with Crippen LogP contribution in [-0.4, -0.2) is 56.4 Å². The number of hydrogen-bond donors (Lipinski definition) is 4. The van der Waals surface area contributed by atoms with Crippen molar-refractivity contribution in [3.05, 3.63) is 76.2 Å². The van der Waals surface area contributed by atoms with Crippen molar-refractivity contribution in [1.29, 1.82) is 0 Å². The van der Waals surface area contributed by atoms with Crippen molar-refractivity contribution in [1.82, 2.24) is 4.98 Å². The second kappa shape index (κ2) is 9.12. The number of halogens is 1. The number of benzene rings is 1. The van der Waals surface area contributed by atoms with Crippen molar-refractivity contribution in [2.24, 2.45) is 0 Å². The van der Waals surface area contributed by atoms with Gasteiger partial charge in [-0.25, -0.2) is 4.98 Å². The zero-order valence-electron chi connectivity index (χ0n) is 16.9. The van der Waals surface area contributed by atoms with Crippen molar-refractivity contribution in [3.8, 4) is 10.4 Å². The molecule has 0 amide bonds. The summed E-state index contributed by atoms with van der Waals surface area (Å²) in [5, 5.41) is 40.0. The second-order valence-corrected chi connectivity index (χ2v) is 8.92. The first kappa shape index (κ1) is 22.0. The standard InChI is InChI=1S/C23H24FNO5S/c1-12-2-3-13(23-22(29)21(28)20(27)17(11-26)30-23)8-15(12)9-16-5-6-18(31-16)14-4-7-19(24)25-10-14/h2-8,10,17,20-23,26-29H,9,11H2,1H3/t17?,20-,21?,22-,23?/m1/s1. The summed E-state index contributed by atoms with van der Waals surface area (Å²) in [6.45, 7) is 1.53. The lowest BCUT2D eigenvalue weighted by Gasteiger charge is -2.40. The van der Waals surface area contributed by atoms with Crippen LogP contribution in [0.25, 0.3) is 10.4 Å². The molecule has 1 aliphatic rings. The first-order chi connectivity index (χ1) is 14.9. The van der Waals surface area contributed by atoms with Crippen molar-refractivity contribution in [2.45, 2.75) is 43.9 Å². The number of aromatic nitrogens is 1. The van der Waals surface area contributed by atoms with E-state index >= 15 is 0 Å². The maximum atomic E-state index is 13.1. The average molecular weight is 446 g/mol. The summed E-state index contributed by atoms with van der Waals surface area (Å²) in [7, 11) is 0. The fourth-order valence-electron chi connectivity index (χ4n) is 3.77. The van der Waals surface area contributed by atoms with Crippen molar-refractivity contribution in [2.75, 3.05) is 6.61 Å². The van der Waals surface area contributed by atoms with Crippen LogP contribution in [0.15, 0.2) is 48.7 Å². The summed E-state index contributed by atoms with van der Waals surface area (Å²) in [6.07, 6.45) is -3.76. The van der Waals surface area contributed by atoms with Crippen LogP contribution in [0.1, 0.15) is 27.7 Å². The molecule has 0 radical (unpaired) electrons. The predicted octanol–water partition coefficient (Wildman–Crippen LogP) is 2.36. The highest BCUT2D eigenvalue weighted by Gasteiger charge is 2.43. The Hall–Kier alpha value is -2.20. The summed E-state index contributed by atoms with van der Waals surface area (Å²) in [5.74, 6) is -0.513. The number of pyridine rings is 1. The van der Waals surface area contributed by atoms with Crippen LogP contribution in [-0.2, 0) is 11.2 Å². The van der Waals surface area contributed by atoms with E-state index in [1.165, 1.54) is 12.3 Å². The highest BCUT2D eigenvalue weighted by atomic mass is 32.1. The molecule has 5 atom stereocenters. The lowest BCUT2D eigenvalue weighted by molar-refractivity contribution is -0.231. The number of rotatable bonds is 5. The SMILES string of the molecule is Cc1ccc(C2OC(CO)[C@@H](O)C(O)[C@H]2O)cc1Cc1ccc(-c2ccc(F)nc2)s1. The molecule has 0 spiro atoms. The number of nitrogens with zero attached hydrogens (tertiary/aromatic N) is 1. The number of aliphatic hydroxyl groups is 4. The first-order valence-corrected chi connectivity index (χ1v) is 10.8. The molecule has 1 saturated heterocycles. The Labute approximate surface area is 183 Å². The molecule has 1 aliphatic heterocycles. The summed E-state index contributed by atoms with van der Waals surface area (Å²) < 4.78 is 18.8. The minimum atomic E-state index is -1.41. The summed E-state index contributed by atoms with van der Waals surface area (Å²) >= 11 is 1.59. The van der Waals surface area contributed by atoms with Gasteiger partial charge in [-0.3, -0.25) is 0 Å². The van der Waals surface area contributed by atoms with Gasteiger partial charge in [0.2, 0.25) is 5.95 Å². The Morgan fingerprint density at radius 1 is 1.03 bits per heavy atom. The summed E-state index contributed by atoms with van der Waals surface area (Å²) in [5.41, 5.74) is 3.60. The van der Waals surface area contributed by atoms with Gasteiger partial charge in [0.15, 0.2) is 0 Å². The largest absolute Gasteiger partial charge is 0.394 e. The number of aryl methyl sites for hydroxylation is 1. The van der Waals surface area contributed by atoms with E-state index < -0.39 is 43.1 Å². The summed E-state index contributed by atoms with van der Waals surface area (Å²) in [6, 6.07) is 12.7. The number of aliphatic hydroxyl groups excluding tert-OH is 4. The molecule has 1 fully saturated rings. The molecular formula is C23H24FNO5S. The number of ether oxygens (including phenoxy) is 1. The van der Waals surface area contributed by atoms with Gasteiger partial charge in [0.25, 0.3) is 0 Å². The molecule has 31 heavy (non-hydrogen) atoms. The number of thiophene rings is 1. The molecule has 3 heterocycles. The van der Waals surface area contributed by atoms with E-state index in [-0.39, 0.29) is 0 Å². The van der Waals surface area contributed by atoms with Gasteiger partial charge < -0.3 is 25.2 Å². The Kier molecular flexibility index (Phi) is 6.47. The fraction of sp³-hybridized carbons (Fsp3) is 0.348. The van der Waals surface area contributed by atoms with Gasteiger partial charge in [0.05, 0.1) is 6.61 Å². The molecule has 0 aliphatic carbocycles. The minimum Gasteiger partial charge on any atom is -0.394 e.